The summed E-state index contributed by atoms with van der Waals surface area (Å²) >= 11 is 0. The largest absolute Gasteiger partial charge is 0.396 e. The van der Waals surface area contributed by atoms with Gasteiger partial charge in [-0.05, 0) is 36.7 Å². The zero-order valence-electron chi connectivity index (χ0n) is 11.3. The zero-order chi connectivity index (χ0) is 12.8. The second-order valence-corrected chi connectivity index (χ2v) is 6.05. The number of allylic oxidation sites excluding steroid dienone is 3. The highest BCUT2D eigenvalue weighted by Crippen LogP contribution is 2.50. The van der Waals surface area contributed by atoms with Gasteiger partial charge in [0.25, 0.3) is 0 Å². The third kappa shape index (κ3) is 1.74. The number of ketones is 1. The fourth-order valence-corrected chi connectivity index (χ4v) is 3.22. The van der Waals surface area contributed by atoms with E-state index in [9.17, 15) is 4.79 Å². The maximum Gasteiger partial charge on any atom is 0.204 e. The molecule has 2 aliphatic rings. The minimum atomic E-state index is 0.00977. The van der Waals surface area contributed by atoms with E-state index in [2.05, 4.69) is 33.8 Å². The number of carbonyl (C=O) groups excluding carboxylic acids is 1. The lowest BCUT2D eigenvalue weighted by Gasteiger charge is -2.43. The van der Waals surface area contributed by atoms with Crippen LogP contribution in [0.3, 0.4) is 0 Å². The van der Waals surface area contributed by atoms with Crippen LogP contribution in [0.4, 0.5) is 0 Å². The third-order valence-corrected chi connectivity index (χ3v) is 4.65. The standard InChI is InChI=1S/C15H23NO/c1-9(2)11-8-15(4)10(3)6-5-7-12(15)13(16)14(11)17/h8-10H,5-7,16H2,1-4H3. The molecule has 0 radical (unpaired) electrons. The van der Waals surface area contributed by atoms with Crippen LogP contribution in [0.15, 0.2) is 22.9 Å². The van der Waals surface area contributed by atoms with E-state index >= 15 is 0 Å². The number of Topliss-reactive ketones (excluding diaryl/α,β-unsaturated/α-hetero) is 1. The van der Waals surface area contributed by atoms with E-state index in [0.29, 0.717) is 11.6 Å². The van der Waals surface area contributed by atoms with E-state index in [1.807, 2.05) is 0 Å². The molecule has 2 atom stereocenters. The first kappa shape index (κ1) is 12.4. The Labute approximate surface area is 104 Å². The van der Waals surface area contributed by atoms with E-state index in [4.69, 9.17) is 5.73 Å². The summed E-state index contributed by atoms with van der Waals surface area (Å²) in [7, 11) is 0. The average Bonchev–Trinajstić information content (AvgIpc) is 2.26. The number of nitrogens with two attached hydrogens (primary N) is 1. The molecule has 2 unspecified atom stereocenters. The summed E-state index contributed by atoms with van der Waals surface area (Å²) in [5.74, 6) is 0.904. The summed E-state index contributed by atoms with van der Waals surface area (Å²) in [5, 5.41) is 0. The van der Waals surface area contributed by atoms with E-state index < -0.39 is 0 Å². The van der Waals surface area contributed by atoms with Gasteiger partial charge in [-0.15, -0.1) is 0 Å². The van der Waals surface area contributed by atoms with E-state index in [1.165, 1.54) is 12.0 Å². The number of hydrogen-bond acceptors (Lipinski definition) is 2. The molecule has 1 saturated carbocycles. The van der Waals surface area contributed by atoms with Gasteiger partial charge in [0, 0.05) is 11.0 Å². The number of fused-ring (bicyclic) bond motifs is 1. The van der Waals surface area contributed by atoms with Gasteiger partial charge in [-0.3, -0.25) is 4.79 Å². The molecular weight excluding hydrogens is 210 g/mol. The van der Waals surface area contributed by atoms with Crippen molar-refractivity contribution in [1.82, 2.24) is 0 Å². The van der Waals surface area contributed by atoms with Crippen molar-refractivity contribution in [3.63, 3.8) is 0 Å². The molecule has 0 heterocycles. The molecule has 1 fully saturated rings. The molecule has 2 N–H and O–H groups in total. The van der Waals surface area contributed by atoms with Crippen LogP contribution in [-0.2, 0) is 4.79 Å². The fourth-order valence-electron chi connectivity index (χ4n) is 3.22. The average molecular weight is 233 g/mol. The van der Waals surface area contributed by atoms with Crippen molar-refractivity contribution in [1.29, 1.82) is 0 Å². The van der Waals surface area contributed by atoms with Gasteiger partial charge in [0.05, 0.1) is 5.70 Å². The Morgan fingerprint density at radius 1 is 1.47 bits per heavy atom. The van der Waals surface area contributed by atoms with Crippen LogP contribution in [0.1, 0.15) is 47.0 Å². The van der Waals surface area contributed by atoms with Crippen LogP contribution in [-0.4, -0.2) is 5.78 Å². The SMILES string of the molecule is CC(C)C1=CC2(C)C(=C(N)C1=O)CCCC2C. The zero-order valence-corrected chi connectivity index (χ0v) is 11.3. The van der Waals surface area contributed by atoms with E-state index in [-0.39, 0.29) is 17.1 Å². The summed E-state index contributed by atoms with van der Waals surface area (Å²) < 4.78 is 0. The van der Waals surface area contributed by atoms with Gasteiger partial charge in [-0.25, -0.2) is 0 Å². The summed E-state index contributed by atoms with van der Waals surface area (Å²) in [6.45, 7) is 8.66. The first-order chi connectivity index (χ1) is 7.88. The van der Waals surface area contributed by atoms with Gasteiger partial charge in [0.2, 0.25) is 5.78 Å². The smallest absolute Gasteiger partial charge is 0.204 e. The Kier molecular flexibility index (Phi) is 2.92. The summed E-state index contributed by atoms with van der Waals surface area (Å²) in [4.78, 5) is 12.2. The van der Waals surface area contributed by atoms with Crippen LogP contribution < -0.4 is 5.73 Å². The molecule has 0 bridgehead atoms. The Morgan fingerprint density at radius 3 is 2.71 bits per heavy atom. The molecule has 0 spiro atoms. The molecular formula is C15H23NO. The van der Waals surface area contributed by atoms with Crippen LogP contribution in [0.5, 0.6) is 0 Å². The molecule has 17 heavy (non-hydrogen) atoms. The summed E-state index contributed by atoms with van der Waals surface area (Å²) in [5.41, 5.74) is 8.73. The summed E-state index contributed by atoms with van der Waals surface area (Å²) in [6, 6.07) is 0. The second kappa shape index (κ2) is 4.01. The highest BCUT2D eigenvalue weighted by atomic mass is 16.1. The Balaban J connectivity index is 2.54. The Hall–Kier alpha value is -1.05. The maximum absolute atomic E-state index is 12.2. The molecule has 0 amide bonds. The van der Waals surface area contributed by atoms with Crippen LogP contribution >= 0.6 is 0 Å². The van der Waals surface area contributed by atoms with Crippen molar-refractivity contribution in [3.8, 4) is 0 Å². The van der Waals surface area contributed by atoms with Gasteiger partial charge in [-0.2, -0.15) is 0 Å². The van der Waals surface area contributed by atoms with Gasteiger partial charge in [0.1, 0.15) is 0 Å². The van der Waals surface area contributed by atoms with Crippen LogP contribution in [0, 0.1) is 17.3 Å². The van der Waals surface area contributed by atoms with Gasteiger partial charge < -0.3 is 5.73 Å². The highest BCUT2D eigenvalue weighted by Gasteiger charge is 2.42. The minimum Gasteiger partial charge on any atom is -0.396 e. The quantitative estimate of drug-likeness (QED) is 0.756. The second-order valence-electron chi connectivity index (χ2n) is 6.05. The Morgan fingerprint density at radius 2 is 2.12 bits per heavy atom. The Bertz CT molecular complexity index is 417. The van der Waals surface area contributed by atoms with Crippen LogP contribution in [0.2, 0.25) is 0 Å². The molecule has 94 valence electrons. The minimum absolute atomic E-state index is 0.00977. The predicted octanol–water partition coefficient (Wildman–Crippen LogP) is 3.19. The van der Waals surface area contributed by atoms with Gasteiger partial charge >= 0.3 is 0 Å². The molecule has 2 aliphatic carbocycles. The van der Waals surface area contributed by atoms with Crippen molar-refractivity contribution in [3.05, 3.63) is 22.9 Å². The first-order valence-electron chi connectivity index (χ1n) is 6.64. The molecule has 0 saturated heterocycles. The summed E-state index contributed by atoms with van der Waals surface area (Å²) in [6.07, 6.45) is 5.57. The van der Waals surface area contributed by atoms with Crippen molar-refractivity contribution in [2.45, 2.75) is 47.0 Å². The van der Waals surface area contributed by atoms with E-state index in [1.54, 1.807) is 0 Å². The van der Waals surface area contributed by atoms with Crippen molar-refractivity contribution in [2.24, 2.45) is 23.0 Å². The highest BCUT2D eigenvalue weighted by molar-refractivity contribution is 6.09. The van der Waals surface area contributed by atoms with Crippen molar-refractivity contribution >= 4 is 5.78 Å². The van der Waals surface area contributed by atoms with Crippen LogP contribution in [0.25, 0.3) is 0 Å². The molecule has 2 nitrogen and oxygen atoms in total. The lowest BCUT2D eigenvalue weighted by molar-refractivity contribution is -0.113. The molecule has 0 aliphatic heterocycles. The lowest BCUT2D eigenvalue weighted by Crippen LogP contribution is -2.38. The molecule has 2 heteroatoms. The third-order valence-electron chi connectivity index (χ3n) is 4.65. The maximum atomic E-state index is 12.2. The molecule has 0 aromatic heterocycles. The normalized spacial score (nSPS) is 33.8. The number of rotatable bonds is 1. The number of carbonyl (C=O) groups is 1. The predicted molar refractivity (Wildman–Crippen MR) is 70.3 cm³/mol. The lowest BCUT2D eigenvalue weighted by atomic mass is 9.61. The first-order valence-corrected chi connectivity index (χ1v) is 6.64. The molecule has 0 aromatic rings. The fraction of sp³-hybridized carbons (Fsp3) is 0.667. The number of hydrogen-bond donors (Lipinski definition) is 1. The molecule has 0 aromatic carbocycles. The van der Waals surface area contributed by atoms with Gasteiger partial charge in [0.15, 0.2) is 0 Å². The van der Waals surface area contributed by atoms with Gasteiger partial charge in [-0.1, -0.05) is 33.8 Å². The topological polar surface area (TPSA) is 43.1 Å². The van der Waals surface area contributed by atoms with E-state index in [0.717, 1.165) is 18.4 Å². The monoisotopic (exact) mass is 233 g/mol. The van der Waals surface area contributed by atoms with Crippen molar-refractivity contribution in [2.75, 3.05) is 0 Å². The molecule has 2 rings (SSSR count). The van der Waals surface area contributed by atoms with Crippen molar-refractivity contribution < 1.29 is 4.79 Å².